The van der Waals surface area contributed by atoms with Gasteiger partial charge in [-0.25, -0.2) is 14.4 Å². The SMILES string of the molecule is NCc1ccc(CNc2ccc3nccnc3n2)c(F)c1. The summed E-state index contributed by atoms with van der Waals surface area (Å²) in [6.45, 7) is 0.672. The maximum atomic E-state index is 13.9. The average Bonchev–Trinajstić information content (AvgIpc) is 2.53. The predicted octanol–water partition coefficient (Wildman–Crippen LogP) is 2.23. The standard InChI is InChI=1S/C15H14FN5/c16-12-7-10(8-17)1-2-11(12)9-20-14-4-3-13-15(21-14)19-6-5-18-13/h1-7H,8-9,17H2,(H,19,20,21). The summed E-state index contributed by atoms with van der Waals surface area (Å²) in [6, 6.07) is 8.62. The quantitative estimate of drug-likeness (QED) is 0.768. The molecule has 0 spiro atoms. The first-order valence-corrected chi connectivity index (χ1v) is 6.55. The number of anilines is 1. The molecule has 3 aromatic rings. The Morgan fingerprint density at radius 3 is 2.76 bits per heavy atom. The molecule has 5 nitrogen and oxygen atoms in total. The van der Waals surface area contributed by atoms with Crippen LogP contribution >= 0.6 is 0 Å². The van der Waals surface area contributed by atoms with Crippen molar-refractivity contribution in [2.24, 2.45) is 5.73 Å². The Kier molecular flexibility index (Phi) is 3.70. The second-order valence-corrected chi connectivity index (χ2v) is 4.58. The van der Waals surface area contributed by atoms with Gasteiger partial charge in [0.2, 0.25) is 0 Å². The Morgan fingerprint density at radius 2 is 1.95 bits per heavy atom. The molecule has 0 atom stereocenters. The highest BCUT2D eigenvalue weighted by molar-refractivity contribution is 5.71. The van der Waals surface area contributed by atoms with Crippen LogP contribution in [0, 0.1) is 5.82 Å². The number of fused-ring (bicyclic) bond motifs is 1. The van der Waals surface area contributed by atoms with Gasteiger partial charge in [0.25, 0.3) is 0 Å². The number of nitrogens with one attached hydrogen (secondary N) is 1. The first-order chi connectivity index (χ1) is 10.3. The van der Waals surface area contributed by atoms with Gasteiger partial charge in [-0.3, -0.25) is 4.98 Å². The Bertz CT molecular complexity index is 775. The second kappa shape index (κ2) is 5.80. The molecule has 2 heterocycles. The summed E-state index contributed by atoms with van der Waals surface area (Å²) in [5.41, 5.74) is 8.10. The van der Waals surface area contributed by atoms with E-state index in [1.54, 1.807) is 24.5 Å². The molecule has 21 heavy (non-hydrogen) atoms. The fourth-order valence-electron chi connectivity index (χ4n) is 2.00. The average molecular weight is 283 g/mol. The highest BCUT2D eigenvalue weighted by Crippen LogP contribution is 2.14. The molecule has 0 aliphatic rings. The van der Waals surface area contributed by atoms with Crippen LogP contribution < -0.4 is 11.1 Å². The molecule has 3 N–H and O–H groups in total. The summed E-state index contributed by atoms with van der Waals surface area (Å²) in [4.78, 5) is 12.6. The van der Waals surface area contributed by atoms with Crippen molar-refractivity contribution in [2.75, 3.05) is 5.32 Å². The van der Waals surface area contributed by atoms with Crippen LogP contribution in [-0.2, 0) is 13.1 Å². The minimum atomic E-state index is -0.272. The van der Waals surface area contributed by atoms with E-state index in [-0.39, 0.29) is 5.82 Å². The molecule has 3 rings (SSSR count). The number of halogens is 1. The Hall–Kier alpha value is -2.60. The lowest BCUT2D eigenvalue weighted by atomic mass is 10.1. The largest absolute Gasteiger partial charge is 0.366 e. The van der Waals surface area contributed by atoms with Crippen molar-refractivity contribution < 1.29 is 4.39 Å². The third-order valence-electron chi connectivity index (χ3n) is 3.14. The highest BCUT2D eigenvalue weighted by atomic mass is 19.1. The molecule has 1 aromatic carbocycles. The monoisotopic (exact) mass is 283 g/mol. The molecular formula is C15H14FN5. The van der Waals surface area contributed by atoms with Gasteiger partial charge in [-0.05, 0) is 23.8 Å². The lowest BCUT2D eigenvalue weighted by Gasteiger charge is -2.08. The van der Waals surface area contributed by atoms with E-state index in [0.717, 1.165) is 11.1 Å². The Morgan fingerprint density at radius 1 is 1.10 bits per heavy atom. The smallest absolute Gasteiger partial charge is 0.180 e. The number of hydrogen-bond donors (Lipinski definition) is 2. The Balaban J connectivity index is 1.77. The van der Waals surface area contributed by atoms with Gasteiger partial charge >= 0.3 is 0 Å². The van der Waals surface area contributed by atoms with Crippen LogP contribution in [0.3, 0.4) is 0 Å². The third kappa shape index (κ3) is 2.95. The van der Waals surface area contributed by atoms with Crippen LogP contribution in [0.4, 0.5) is 10.2 Å². The maximum Gasteiger partial charge on any atom is 0.180 e. The summed E-state index contributed by atoms with van der Waals surface area (Å²) < 4.78 is 13.9. The normalized spacial score (nSPS) is 10.8. The third-order valence-corrected chi connectivity index (χ3v) is 3.14. The molecule has 0 bridgehead atoms. The van der Waals surface area contributed by atoms with Crippen molar-refractivity contribution in [2.45, 2.75) is 13.1 Å². The minimum Gasteiger partial charge on any atom is -0.366 e. The molecule has 0 saturated carbocycles. The summed E-state index contributed by atoms with van der Waals surface area (Å²) in [7, 11) is 0. The highest BCUT2D eigenvalue weighted by Gasteiger charge is 2.04. The number of rotatable bonds is 4. The number of nitrogens with two attached hydrogens (primary N) is 1. The van der Waals surface area contributed by atoms with Crippen LogP contribution in [-0.4, -0.2) is 15.0 Å². The molecule has 0 amide bonds. The van der Waals surface area contributed by atoms with Gasteiger partial charge < -0.3 is 11.1 Å². The lowest BCUT2D eigenvalue weighted by molar-refractivity contribution is 0.610. The van der Waals surface area contributed by atoms with Crippen molar-refractivity contribution >= 4 is 17.0 Å². The Labute approximate surface area is 121 Å². The van der Waals surface area contributed by atoms with Crippen LogP contribution in [0.1, 0.15) is 11.1 Å². The molecule has 6 heteroatoms. The van der Waals surface area contributed by atoms with E-state index in [1.165, 1.54) is 6.07 Å². The molecular weight excluding hydrogens is 269 g/mol. The van der Waals surface area contributed by atoms with Crippen molar-refractivity contribution in [3.05, 3.63) is 59.7 Å². The zero-order valence-corrected chi connectivity index (χ0v) is 11.3. The van der Waals surface area contributed by atoms with E-state index < -0.39 is 0 Å². The number of hydrogen-bond acceptors (Lipinski definition) is 5. The zero-order valence-electron chi connectivity index (χ0n) is 11.3. The molecule has 0 aliphatic carbocycles. The molecule has 0 fully saturated rings. The van der Waals surface area contributed by atoms with Crippen molar-refractivity contribution in [3.63, 3.8) is 0 Å². The fourth-order valence-corrected chi connectivity index (χ4v) is 2.00. The number of benzene rings is 1. The van der Waals surface area contributed by atoms with Gasteiger partial charge in [0.05, 0.1) is 0 Å². The summed E-state index contributed by atoms with van der Waals surface area (Å²) in [6.07, 6.45) is 3.20. The van der Waals surface area contributed by atoms with Gasteiger partial charge in [-0.2, -0.15) is 0 Å². The molecule has 0 saturated heterocycles. The van der Waals surface area contributed by atoms with Crippen molar-refractivity contribution in [1.82, 2.24) is 15.0 Å². The zero-order chi connectivity index (χ0) is 14.7. The number of nitrogens with zero attached hydrogens (tertiary/aromatic N) is 3. The fraction of sp³-hybridized carbons (Fsp3) is 0.133. The maximum absolute atomic E-state index is 13.9. The van der Waals surface area contributed by atoms with E-state index in [4.69, 9.17) is 5.73 Å². The van der Waals surface area contributed by atoms with Gasteiger partial charge in [-0.15, -0.1) is 0 Å². The van der Waals surface area contributed by atoms with Gasteiger partial charge in [0.15, 0.2) is 5.65 Å². The predicted molar refractivity (Wildman–Crippen MR) is 79.0 cm³/mol. The van der Waals surface area contributed by atoms with E-state index in [1.807, 2.05) is 12.1 Å². The summed E-state index contributed by atoms with van der Waals surface area (Å²) in [5, 5.41) is 3.08. The van der Waals surface area contributed by atoms with Crippen LogP contribution in [0.15, 0.2) is 42.7 Å². The van der Waals surface area contributed by atoms with Crippen molar-refractivity contribution in [1.29, 1.82) is 0 Å². The van der Waals surface area contributed by atoms with Gasteiger partial charge in [0.1, 0.15) is 17.2 Å². The summed E-state index contributed by atoms with van der Waals surface area (Å²) in [5.74, 6) is 0.358. The molecule has 2 aromatic heterocycles. The van der Waals surface area contributed by atoms with E-state index in [0.29, 0.717) is 30.1 Å². The number of aromatic nitrogens is 3. The van der Waals surface area contributed by atoms with Crippen LogP contribution in [0.25, 0.3) is 11.2 Å². The molecule has 0 unspecified atom stereocenters. The molecule has 0 aliphatic heterocycles. The lowest BCUT2D eigenvalue weighted by Crippen LogP contribution is -2.05. The van der Waals surface area contributed by atoms with Crippen molar-refractivity contribution in [3.8, 4) is 0 Å². The van der Waals surface area contributed by atoms with Gasteiger partial charge in [-0.1, -0.05) is 12.1 Å². The molecule has 106 valence electrons. The first-order valence-electron chi connectivity index (χ1n) is 6.55. The van der Waals surface area contributed by atoms with E-state index in [9.17, 15) is 4.39 Å². The van der Waals surface area contributed by atoms with E-state index >= 15 is 0 Å². The topological polar surface area (TPSA) is 76.7 Å². The second-order valence-electron chi connectivity index (χ2n) is 4.58. The van der Waals surface area contributed by atoms with Crippen LogP contribution in [0.2, 0.25) is 0 Å². The molecule has 0 radical (unpaired) electrons. The number of pyridine rings is 1. The first kappa shape index (κ1) is 13.4. The van der Waals surface area contributed by atoms with Crippen LogP contribution in [0.5, 0.6) is 0 Å². The summed E-state index contributed by atoms with van der Waals surface area (Å²) >= 11 is 0. The minimum absolute atomic E-state index is 0.272. The van der Waals surface area contributed by atoms with Gasteiger partial charge in [0, 0.05) is 31.0 Å². The van der Waals surface area contributed by atoms with E-state index in [2.05, 4.69) is 20.3 Å².